The van der Waals surface area contributed by atoms with E-state index < -0.39 is 10.0 Å². The SMILES string of the molecule is Cl.O=C(NCCC1CCCNC1)C1CCCN(S(=O)(=O)c2ccccc2)C1. The van der Waals surface area contributed by atoms with Crippen molar-refractivity contribution in [1.29, 1.82) is 0 Å². The zero-order valence-corrected chi connectivity index (χ0v) is 17.2. The molecule has 2 saturated heterocycles. The smallest absolute Gasteiger partial charge is 0.243 e. The van der Waals surface area contributed by atoms with Crippen molar-refractivity contribution < 1.29 is 13.2 Å². The molecule has 2 unspecified atom stereocenters. The fourth-order valence-corrected chi connectivity index (χ4v) is 5.38. The zero-order valence-electron chi connectivity index (χ0n) is 15.6. The number of sulfonamides is 1. The molecule has 2 aliphatic rings. The zero-order chi connectivity index (χ0) is 18.4. The molecule has 2 heterocycles. The number of rotatable bonds is 6. The monoisotopic (exact) mass is 415 g/mol. The molecule has 2 N–H and O–H groups in total. The summed E-state index contributed by atoms with van der Waals surface area (Å²) < 4.78 is 27.0. The lowest BCUT2D eigenvalue weighted by atomic mass is 9.95. The Bertz CT molecular complexity index is 693. The molecule has 2 aliphatic heterocycles. The second-order valence-electron chi connectivity index (χ2n) is 7.31. The van der Waals surface area contributed by atoms with Crippen LogP contribution in [0.15, 0.2) is 35.2 Å². The van der Waals surface area contributed by atoms with Gasteiger partial charge in [-0.2, -0.15) is 4.31 Å². The Labute approximate surface area is 168 Å². The van der Waals surface area contributed by atoms with Crippen LogP contribution in [-0.4, -0.2) is 51.4 Å². The minimum Gasteiger partial charge on any atom is -0.356 e. The van der Waals surface area contributed by atoms with Gasteiger partial charge >= 0.3 is 0 Å². The Kier molecular flexibility index (Phi) is 8.54. The minimum absolute atomic E-state index is 0. The van der Waals surface area contributed by atoms with E-state index >= 15 is 0 Å². The molecule has 8 heteroatoms. The van der Waals surface area contributed by atoms with Crippen LogP contribution in [0.3, 0.4) is 0 Å². The molecule has 1 aromatic rings. The highest BCUT2D eigenvalue weighted by Crippen LogP contribution is 2.24. The highest BCUT2D eigenvalue weighted by molar-refractivity contribution is 7.89. The van der Waals surface area contributed by atoms with Gasteiger partial charge in [0.1, 0.15) is 0 Å². The van der Waals surface area contributed by atoms with Crippen LogP contribution in [0, 0.1) is 11.8 Å². The highest BCUT2D eigenvalue weighted by atomic mass is 35.5. The predicted octanol–water partition coefficient (Wildman–Crippen LogP) is 2.01. The van der Waals surface area contributed by atoms with E-state index in [9.17, 15) is 13.2 Å². The van der Waals surface area contributed by atoms with Gasteiger partial charge in [0.15, 0.2) is 0 Å². The van der Waals surface area contributed by atoms with Gasteiger partial charge in [-0.3, -0.25) is 4.79 Å². The van der Waals surface area contributed by atoms with E-state index in [-0.39, 0.29) is 30.8 Å². The van der Waals surface area contributed by atoms with Gasteiger partial charge in [-0.25, -0.2) is 8.42 Å². The topological polar surface area (TPSA) is 78.5 Å². The number of piperidine rings is 2. The van der Waals surface area contributed by atoms with Crippen LogP contribution in [0.25, 0.3) is 0 Å². The average molecular weight is 416 g/mol. The number of halogens is 1. The number of hydrogen-bond donors (Lipinski definition) is 2. The van der Waals surface area contributed by atoms with Crippen LogP contribution >= 0.6 is 12.4 Å². The molecule has 0 spiro atoms. The van der Waals surface area contributed by atoms with E-state index in [0.717, 1.165) is 32.4 Å². The quantitative estimate of drug-likeness (QED) is 0.745. The molecule has 1 amide bonds. The third kappa shape index (κ3) is 5.91. The maximum absolute atomic E-state index is 12.8. The molecule has 3 rings (SSSR count). The molecule has 2 fully saturated rings. The summed E-state index contributed by atoms with van der Waals surface area (Å²) in [6, 6.07) is 8.46. The van der Waals surface area contributed by atoms with Gasteiger partial charge in [0, 0.05) is 19.6 Å². The number of hydrogen-bond acceptors (Lipinski definition) is 4. The molecular formula is C19H30ClN3O3S. The number of benzene rings is 1. The van der Waals surface area contributed by atoms with Gasteiger partial charge in [-0.05, 0) is 63.2 Å². The third-order valence-electron chi connectivity index (χ3n) is 5.39. The first-order valence-corrected chi connectivity index (χ1v) is 11.0. The van der Waals surface area contributed by atoms with Gasteiger partial charge in [0.2, 0.25) is 15.9 Å². The lowest BCUT2D eigenvalue weighted by molar-refractivity contribution is -0.126. The van der Waals surface area contributed by atoms with Crippen molar-refractivity contribution in [2.45, 2.75) is 37.0 Å². The van der Waals surface area contributed by atoms with E-state index in [1.807, 2.05) is 0 Å². The Hall–Kier alpha value is -1.15. The van der Waals surface area contributed by atoms with Crippen LogP contribution in [0.1, 0.15) is 32.1 Å². The molecule has 27 heavy (non-hydrogen) atoms. The van der Waals surface area contributed by atoms with Crippen molar-refractivity contribution in [3.8, 4) is 0 Å². The Morgan fingerprint density at radius 2 is 1.96 bits per heavy atom. The summed E-state index contributed by atoms with van der Waals surface area (Å²) in [4.78, 5) is 12.8. The molecule has 0 aliphatic carbocycles. The average Bonchev–Trinajstić information content (AvgIpc) is 2.69. The van der Waals surface area contributed by atoms with E-state index in [0.29, 0.717) is 23.9 Å². The number of carbonyl (C=O) groups is 1. The van der Waals surface area contributed by atoms with E-state index in [1.54, 1.807) is 30.3 Å². The van der Waals surface area contributed by atoms with Crippen LogP contribution in [0.2, 0.25) is 0 Å². The molecule has 6 nitrogen and oxygen atoms in total. The highest BCUT2D eigenvalue weighted by Gasteiger charge is 2.33. The molecular weight excluding hydrogens is 386 g/mol. The summed E-state index contributed by atoms with van der Waals surface area (Å²) in [5.74, 6) is 0.360. The fraction of sp³-hybridized carbons (Fsp3) is 0.632. The second kappa shape index (κ2) is 10.4. The minimum atomic E-state index is -3.52. The lowest BCUT2D eigenvalue weighted by Crippen LogP contribution is -2.45. The van der Waals surface area contributed by atoms with Crippen LogP contribution < -0.4 is 10.6 Å². The standard InChI is InChI=1S/C19H29N3O3S.ClH/c23-19(21-12-10-16-6-4-11-20-14-16)17-7-5-13-22(15-17)26(24,25)18-8-2-1-3-9-18;/h1-3,8-9,16-17,20H,4-7,10-15H2,(H,21,23);1H. The molecule has 2 atom stereocenters. The van der Waals surface area contributed by atoms with Crippen molar-refractivity contribution in [2.24, 2.45) is 11.8 Å². The summed E-state index contributed by atoms with van der Waals surface area (Å²) in [5.41, 5.74) is 0. The van der Waals surface area contributed by atoms with E-state index in [1.165, 1.54) is 17.1 Å². The Balaban J connectivity index is 0.00000261. The number of carbonyl (C=O) groups excluding carboxylic acids is 1. The number of nitrogens with zero attached hydrogens (tertiary/aromatic N) is 1. The van der Waals surface area contributed by atoms with Crippen molar-refractivity contribution in [2.75, 3.05) is 32.7 Å². The van der Waals surface area contributed by atoms with Crippen molar-refractivity contribution in [3.05, 3.63) is 30.3 Å². The van der Waals surface area contributed by atoms with Crippen LogP contribution in [0.4, 0.5) is 0 Å². The van der Waals surface area contributed by atoms with Crippen LogP contribution in [-0.2, 0) is 14.8 Å². The fourth-order valence-electron chi connectivity index (χ4n) is 3.83. The van der Waals surface area contributed by atoms with Gasteiger partial charge < -0.3 is 10.6 Å². The Morgan fingerprint density at radius 3 is 2.67 bits per heavy atom. The molecule has 0 radical (unpaired) electrons. The van der Waals surface area contributed by atoms with Gasteiger partial charge in [-0.1, -0.05) is 18.2 Å². The summed E-state index contributed by atoms with van der Waals surface area (Å²) in [5, 5.41) is 6.41. The Morgan fingerprint density at radius 1 is 1.19 bits per heavy atom. The molecule has 0 saturated carbocycles. The summed E-state index contributed by atoms with van der Waals surface area (Å²) in [7, 11) is -3.52. The third-order valence-corrected chi connectivity index (χ3v) is 7.27. The molecule has 1 aromatic carbocycles. The first kappa shape index (κ1) is 22.1. The summed E-state index contributed by atoms with van der Waals surface area (Å²) >= 11 is 0. The molecule has 0 bridgehead atoms. The van der Waals surface area contributed by atoms with Crippen molar-refractivity contribution in [1.82, 2.24) is 14.9 Å². The first-order valence-electron chi connectivity index (χ1n) is 9.61. The van der Waals surface area contributed by atoms with E-state index in [4.69, 9.17) is 0 Å². The van der Waals surface area contributed by atoms with Gasteiger partial charge in [0.25, 0.3) is 0 Å². The largest absolute Gasteiger partial charge is 0.356 e. The molecule has 0 aromatic heterocycles. The first-order chi connectivity index (χ1) is 12.6. The maximum Gasteiger partial charge on any atom is 0.243 e. The summed E-state index contributed by atoms with van der Waals surface area (Å²) in [6.45, 7) is 3.55. The van der Waals surface area contributed by atoms with Crippen LogP contribution in [0.5, 0.6) is 0 Å². The molecule has 152 valence electrons. The van der Waals surface area contributed by atoms with Crippen molar-refractivity contribution >= 4 is 28.3 Å². The van der Waals surface area contributed by atoms with Gasteiger partial charge in [-0.15, -0.1) is 12.4 Å². The maximum atomic E-state index is 12.8. The normalized spacial score (nSPS) is 24.0. The van der Waals surface area contributed by atoms with E-state index in [2.05, 4.69) is 10.6 Å². The lowest BCUT2D eigenvalue weighted by Gasteiger charge is -2.31. The number of amides is 1. The van der Waals surface area contributed by atoms with Crippen molar-refractivity contribution in [3.63, 3.8) is 0 Å². The second-order valence-corrected chi connectivity index (χ2v) is 9.25. The number of nitrogens with one attached hydrogen (secondary N) is 2. The summed E-state index contributed by atoms with van der Waals surface area (Å²) in [6.07, 6.45) is 4.87. The predicted molar refractivity (Wildman–Crippen MR) is 108 cm³/mol. The van der Waals surface area contributed by atoms with Gasteiger partial charge in [0.05, 0.1) is 10.8 Å².